The number of benzene rings is 4. The maximum absolute atomic E-state index is 6.72. The molecule has 0 aliphatic carbocycles. The van der Waals surface area contributed by atoms with Crippen LogP contribution in [0.4, 0.5) is 0 Å². The Labute approximate surface area is 303 Å². The number of halogens is 2. The van der Waals surface area contributed by atoms with Gasteiger partial charge in [0.2, 0.25) is 0 Å². The zero-order valence-electron chi connectivity index (χ0n) is 29.3. The molecule has 1 heterocycles. The van der Waals surface area contributed by atoms with Gasteiger partial charge in [0.25, 0.3) is 0 Å². The minimum atomic E-state index is -0.666. The molecule has 5 nitrogen and oxygen atoms in total. The third-order valence-corrected chi connectivity index (χ3v) is 9.76. The van der Waals surface area contributed by atoms with Crippen LogP contribution in [0.1, 0.15) is 85.3 Å². The minimum absolute atomic E-state index is 0.0337. The first-order chi connectivity index (χ1) is 23.8. The fraction of sp³-hybridized carbons (Fsp3) is 0.429. The molecule has 4 aromatic carbocycles. The SMILES string of the molecule is CC(C)c1ccc(CO[C@H]2CN(C(Cl)Cl)C[C@@H](OCc3ccc(C(C)C)cc3)C2c2ccc(OCCCOCc3ccccc3)cc2)cc1. The maximum atomic E-state index is 6.72. The molecular weight excluding hydrogens is 653 g/mol. The molecule has 1 aliphatic heterocycles. The van der Waals surface area contributed by atoms with Crippen molar-refractivity contribution in [3.8, 4) is 5.75 Å². The molecule has 0 bridgehead atoms. The number of nitrogens with zero attached hydrogens (tertiary/aromatic N) is 1. The summed E-state index contributed by atoms with van der Waals surface area (Å²) in [5, 5.41) is 0. The van der Waals surface area contributed by atoms with Gasteiger partial charge in [-0.15, -0.1) is 0 Å². The van der Waals surface area contributed by atoms with Crippen molar-refractivity contribution in [2.75, 3.05) is 26.3 Å². The number of hydrogen-bond donors (Lipinski definition) is 0. The summed E-state index contributed by atoms with van der Waals surface area (Å²) in [6, 6.07) is 36.0. The molecule has 1 saturated heterocycles. The van der Waals surface area contributed by atoms with E-state index < -0.39 is 4.96 Å². The second-order valence-corrected chi connectivity index (χ2v) is 14.6. The highest BCUT2D eigenvalue weighted by atomic mass is 35.5. The van der Waals surface area contributed by atoms with Crippen molar-refractivity contribution in [3.63, 3.8) is 0 Å². The van der Waals surface area contributed by atoms with Gasteiger partial charge in [-0.05, 0) is 57.3 Å². The lowest BCUT2D eigenvalue weighted by Gasteiger charge is -2.44. The first-order valence-corrected chi connectivity index (χ1v) is 18.4. The van der Waals surface area contributed by atoms with Gasteiger partial charge in [0, 0.05) is 25.4 Å². The standard InChI is InChI=1S/C42H51Cl2NO4/c1-30(2)35-15-11-33(12-16-35)28-48-39-25-45(42(43)44)26-40(49-29-34-13-17-36(18-14-34)31(3)4)41(39)37-19-21-38(22-20-37)47-24-8-23-46-27-32-9-6-5-7-10-32/h5-7,9-22,30-31,39-42H,8,23-29H2,1-4H3/t39-,40+,41?. The number of piperidine rings is 1. The van der Waals surface area contributed by atoms with Crippen LogP contribution in [0.3, 0.4) is 0 Å². The molecule has 0 spiro atoms. The Kier molecular flexibility index (Phi) is 14.4. The van der Waals surface area contributed by atoms with Gasteiger partial charge in [-0.25, -0.2) is 0 Å². The Hall–Kier alpha value is -2.90. The quantitative estimate of drug-likeness (QED) is 0.0622. The molecule has 0 amide bonds. The highest BCUT2D eigenvalue weighted by molar-refractivity contribution is 6.43. The number of rotatable bonds is 17. The van der Waals surface area contributed by atoms with Crippen molar-refractivity contribution >= 4 is 23.2 Å². The van der Waals surface area contributed by atoms with Crippen molar-refractivity contribution in [2.24, 2.45) is 0 Å². The smallest absolute Gasteiger partial charge is 0.160 e. The van der Waals surface area contributed by atoms with Gasteiger partial charge in [-0.2, -0.15) is 0 Å². The molecule has 1 unspecified atom stereocenters. The van der Waals surface area contributed by atoms with Crippen molar-refractivity contribution in [1.82, 2.24) is 4.90 Å². The summed E-state index contributed by atoms with van der Waals surface area (Å²) in [4.78, 5) is 1.37. The first-order valence-electron chi connectivity index (χ1n) is 17.5. The van der Waals surface area contributed by atoms with Gasteiger partial charge >= 0.3 is 0 Å². The van der Waals surface area contributed by atoms with Gasteiger partial charge in [-0.3, -0.25) is 4.90 Å². The Balaban J connectivity index is 1.27. The molecule has 0 N–H and O–H groups in total. The lowest BCUT2D eigenvalue weighted by atomic mass is 9.84. The van der Waals surface area contributed by atoms with Gasteiger partial charge in [0.1, 0.15) is 5.75 Å². The van der Waals surface area contributed by atoms with Crippen molar-refractivity contribution in [2.45, 2.75) is 88.9 Å². The summed E-state index contributed by atoms with van der Waals surface area (Å²) in [7, 11) is 0. The zero-order valence-corrected chi connectivity index (χ0v) is 30.8. The molecule has 4 aromatic rings. The van der Waals surface area contributed by atoms with E-state index in [0.717, 1.165) is 28.9 Å². The number of alkyl halides is 2. The Morgan fingerprint density at radius 3 is 1.61 bits per heavy atom. The lowest BCUT2D eigenvalue weighted by Crippen LogP contribution is -2.53. The second kappa shape index (κ2) is 18.9. The minimum Gasteiger partial charge on any atom is -0.494 e. The monoisotopic (exact) mass is 703 g/mol. The fourth-order valence-electron chi connectivity index (χ4n) is 6.21. The topological polar surface area (TPSA) is 40.2 Å². The van der Waals surface area contributed by atoms with Crippen LogP contribution in [0.25, 0.3) is 0 Å². The highest BCUT2D eigenvalue weighted by Gasteiger charge is 2.41. The molecule has 0 aromatic heterocycles. The molecule has 5 rings (SSSR count). The molecule has 0 radical (unpaired) electrons. The van der Waals surface area contributed by atoms with E-state index in [0.29, 0.717) is 58.0 Å². The van der Waals surface area contributed by atoms with Crippen LogP contribution in [0.2, 0.25) is 0 Å². The third kappa shape index (κ3) is 11.3. The van der Waals surface area contributed by atoms with Crippen molar-refractivity contribution < 1.29 is 18.9 Å². The molecule has 49 heavy (non-hydrogen) atoms. The van der Waals surface area contributed by atoms with Crippen LogP contribution in [-0.4, -0.2) is 48.4 Å². The van der Waals surface area contributed by atoms with Crippen LogP contribution in [-0.2, 0) is 34.0 Å². The van der Waals surface area contributed by atoms with E-state index in [9.17, 15) is 0 Å². The highest BCUT2D eigenvalue weighted by Crippen LogP contribution is 2.36. The summed E-state index contributed by atoms with van der Waals surface area (Å²) in [5.41, 5.74) is 7.21. The number of hydrogen-bond acceptors (Lipinski definition) is 5. The van der Waals surface area contributed by atoms with Crippen LogP contribution in [0, 0.1) is 0 Å². The van der Waals surface area contributed by atoms with Gasteiger partial charge in [-0.1, -0.05) is 142 Å². The Bertz CT molecular complexity index is 1450. The van der Waals surface area contributed by atoms with E-state index in [1.54, 1.807) is 0 Å². The summed E-state index contributed by atoms with van der Waals surface area (Å²) in [6.45, 7) is 12.8. The zero-order chi connectivity index (χ0) is 34.6. The summed E-state index contributed by atoms with van der Waals surface area (Å²) >= 11 is 13.0. The predicted octanol–water partition coefficient (Wildman–Crippen LogP) is 10.3. The van der Waals surface area contributed by atoms with Crippen molar-refractivity contribution in [3.05, 3.63) is 137 Å². The molecule has 0 saturated carbocycles. The molecule has 7 heteroatoms. The summed E-state index contributed by atoms with van der Waals surface area (Å²) in [5.74, 6) is 1.76. The van der Waals surface area contributed by atoms with Crippen LogP contribution < -0.4 is 4.74 Å². The van der Waals surface area contributed by atoms with E-state index in [4.69, 9.17) is 42.1 Å². The van der Waals surface area contributed by atoms with Crippen molar-refractivity contribution in [1.29, 1.82) is 0 Å². The molecule has 3 atom stereocenters. The van der Waals surface area contributed by atoms with E-state index in [1.165, 1.54) is 16.7 Å². The molecular formula is C42H51Cl2NO4. The van der Waals surface area contributed by atoms with E-state index >= 15 is 0 Å². The molecule has 1 fully saturated rings. The summed E-state index contributed by atoms with van der Waals surface area (Å²) in [6.07, 6.45) is 0.424. The second-order valence-electron chi connectivity index (χ2n) is 13.6. The molecule has 1 aliphatic rings. The Morgan fingerprint density at radius 2 is 1.12 bits per heavy atom. The van der Waals surface area contributed by atoms with Gasteiger partial charge in [0.05, 0.1) is 45.2 Å². The summed E-state index contributed by atoms with van der Waals surface area (Å²) < 4.78 is 25.3. The molecule has 262 valence electrons. The Morgan fingerprint density at radius 1 is 0.612 bits per heavy atom. The fourth-order valence-corrected chi connectivity index (χ4v) is 6.53. The van der Waals surface area contributed by atoms with E-state index in [1.807, 2.05) is 35.2 Å². The number of likely N-dealkylation sites (tertiary alicyclic amines) is 1. The van der Waals surface area contributed by atoms with Crippen LogP contribution in [0.15, 0.2) is 103 Å². The van der Waals surface area contributed by atoms with Gasteiger partial charge < -0.3 is 18.9 Å². The maximum Gasteiger partial charge on any atom is 0.160 e. The number of ether oxygens (including phenoxy) is 4. The predicted molar refractivity (Wildman–Crippen MR) is 201 cm³/mol. The van der Waals surface area contributed by atoms with Crippen LogP contribution in [0.5, 0.6) is 5.75 Å². The average molecular weight is 705 g/mol. The normalized spacial score (nSPS) is 18.4. The average Bonchev–Trinajstić information content (AvgIpc) is 3.12. The van der Waals surface area contributed by atoms with E-state index in [2.05, 4.69) is 100 Å². The van der Waals surface area contributed by atoms with Crippen LogP contribution >= 0.6 is 23.2 Å². The lowest BCUT2D eigenvalue weighted by molar-refractivity contribution is -0.0985. The van der Waals surface area contributed by atoms with E-state index in [-0.39, 0.29) is 18.1 Å². The van der Waals surface area contributed by atoms with Gasteiger partial charge in [0.15, 0.2) is 4.96 Å². The first kappa shape index (κ1) is 37.4. The third-order valence-electron chi connectivity index (χ3n) is 9.21. The largest absolute Gasteiger partial charge is 0.494 e.